The van der Waals surface area contributed by atoms with E-state index >= 15 is 0 Å². The van der Waals surface area contributed by atoms with E-state index in [1.165, 1.54) is 24.3 Å². The summed E-state index contributed by atoms with van der Waals surface area (Å²) in [6, 6.07) is 7.22. The standard InChI is InChI=1S/C12H9Cl2FN2O2S/c13-9-3-1-7(15)5-12(9)17-20(18,19)8-2-4-11(16)10(14)6-8/h1-6,17H,16H2. The molecule has 0 aliphatic rings. The molecule has 106 valence electrons. The summed E-state index contributed by atoms with van der Waals surface area (Å²) in [6.07, 6.45) is 0. The minimum Gasteiger partial charge on any atom is -0.398 e. The number of sulfonamides is 1. The third kappa shape index (κ3) is 3.15. The zero-order chi connectivity index (χ0) is 14.9. The van der Waals surface area contributed by atoms with Crippen LogP contribution in [0.4, 0.5) is 15.8 Å². The summed E-state index contributed by atoms with van der Waals surface area (Å²) >= 11 is 11.6. The molecule has 0 amide bonds. The maximum atomic E-state index is 13.1. The van der Waals surface area contributed by atoms with Gasteiger partial charge in [-0.15, -0.1) is 0 Å². The monoisotopic (exact) mass is 334 g/mol. The van der Waals surface area contributed by atoms with Gasteiger partial charge in [-0.1, -0.05) is 23.2 Å². The first-order valence-electron chi connectivity index (χ1n) is 5.32. The molecule has 20 heavy (non-hydrogen) atoms. The van der Waals surface area contributed by atoms with Gasteiger partial charge in [-0.2, -0.15) is 0 Å². The Bertz CT molecular complexity index is 766. The molecule has 8 heteroatoms. The van der Waals surface area contributed by atoms with Gasteiger partial charge in [0.15, 0.2) is 0 Å². The Morgan fingerprint density at radius 3 is 2.40 bits per heavy atom. The molecular weight excluding hydrogens is 326 g/mol. The maximum absolute atomic E-state index is 13.1. The molecule has 0 heterocycles. The second-order valence-corrected chi connectivity index (χ2v) is 6.41. The van der Waals surface area contributed by atoms with Crippen molar-refractivity contribution in [3.05, 3.63) is 52.3 Å². The van der Waals surface area contributed by atoms with Crippen molar-refractivity contribution < 1.29 is 12.8 Å². The number of hydrogen-bond donors (Lipinski definition) is 2. The van der Waals surface area contributed by atoms with Crippen molar-refractivity contribution in [1.29, 1.82) is 0 Å². The second-order valence-electron chi connectivity index (χ2n) is 3.91. The largest absolute Gasteiger partial charge is 0.398 e. The topological polar surface area (TPSA) is 72.2 Å². The van der Waals surface area contributed by atoms with Crippen molar-refractivity contribution in [2.24, 2.45) is 0 Å². The van der Waals surface area contributed by atoms with Crippen molar-refractivity contribution in [2.45, 2.75) is 4.90 Å². The van der Waals surface area contributed by atoms with Gasteiger partial charge in [0, 0.05) is 0 Å². The van der Waals surface area contributed by atoms with Gasteiger partial charge in [0.1, 0.15) is 5.82 Å². The summed E-state index contributed by atoms with van der Waals surface area (Å²) in [5, 5.41) is 0.190. The van der Waals surface area contributed by atoms with E-state index in [0.717, 1.165) is 12.1 Å². The zero-order valence-corrected chi connectivity index (χ0v) is 12.2. The van der Waals surface area contributed by atoms with Crippen LogP contribution in [0.5, 0.6) is 0 Å². The number of benzene rings is 2. The molecule has 2 rings (SSSR count). The van der Waals surface area contributed by atoms with Crippen LogP contribution in [-0.2, 0) is 10.0 Å². The van der Waals surface area contributed by atoms with Gasteiger partial charge in [0.2, 0.25) is 0 Å². The summed E-state index contributed by atoms with van der Waals surface area (Å²) in [7, 11) is -3.93. The molecule has 3 N–H and O–H groups in total. The van der Waals surface area contributed by atoms with Gasteiger partial charge in [0.05, 0.1) is 26.3 Å². The first-order valence-corrected chi connectivity index (χ1v) is 7.56. The molecule has 0 saturated heterocycles. The lowest BCUT2D eigenvalue weighted by Gasteiger charge is -2.10. The highest BCUT2D eigenvalue weighted by Gasteiger charge is 2.17. The van der Waals surface area contributed by atoms with E-state index < -0.39 is 15.8 Å². The van der Waals surface area contributed by atoms with E-state index in [0.29, 0.717) is 0 Å². The molecule has 0 aliphatic carbocycles. The molecule has 0 bridgehead atoms. The van der Waals surface area contributed by atoms with Crippen molar-refractivity contribution in [2.75, 3.05) is 10.5 Å². The van der Waals surface area contributed by atoms with E-state index in [1.807, 2.05) is 0 Å². The van der Waals surface area contributed by atoms with E-state index in [1.54, 1.807) is 0 Å². The van der Waals surface area contributed by atoms with Gasteiger partial charge >= 0.3 is 0 Å². The van der Waals surface area contributed by atoms with Crippen LogP contribution < -0.4 is 10.5 Å². The van der Waals surface area contributed by atoms with Crippen LogP contribution in [0.25, 0.3) is 0 Å². The Balaban J connectivity index is 2.40. The average molecular weight is 335 g/mol. The van der Waals surface area contributed by atoms with Crippen molar-refractivity contribution in [1.82, 2.24) is 0 Å². The summed E-state index contributed by atoms with van der Waals surface area (Å²) in [6.45, 7) is 0. The van der Waals surface area contributed by atoms with Gasteiger partial charge in [-0.25, -0.2) is 12.8 Å². The lowest BCUT2D eigenvalue weighted by atomic mass is 10.3. The molecule has 0 atom stereocenters. The van der Waals surface area contributed by atoms with Crippen LogP contribution in [0, 0.1) is 5.82 Å². The summed E-state index contributed by atoms with van der Waals surface area (Å²) in [4.78, 5) is -0.1000. The molecule has 0 spiro atoms. The molecule has 4 nitrogen and oxygen atoms in total. The van der Waals surface area contributed by atoms with E-state index in [2.05, 4.69) is 4.72 Å². The van der Waals surface area contributed by atoms with Crippen LogP contribution >= 0.6 is 23.2 Å². The Morgan fingerprint density at radius 1 is 1.05 bits per heavy atom. The predicted molar refractivity (Wildman–Crippen MR) is 78.1 cm³/mol. The van der Waals surface area contributed by atoms with E-state index in [-0.39, 0.29) is 26.3 Å². The first kappa shape index (κ1) is 14.9. The molecule has 2 aromatic carbocycles. The van der Waals surface area contributed by atoms with Crippen LogP contribution in [-0.4, -0.2) is 8.42 Å². The first-order chi connectivity index (χ1) is 9.29. The summed E-state index contributed by atoms with van der Waals surface area (Å²) in [5.41, 5.74) is 5.71. The van der Waals surface area contributed by atoms with Gasteiger partial charge in [0.25, 0.3) is 10.0 Å². The number of nitrogens with one attached hydrogen (secondary N) is 1. The molecule has 0 aromatic heterocycles. The third-order valence-corrected chi connectivity index (χ3v) is 4.48. The molecule has 0 saturated carbocycles. The third-order valence-electron chi connectivity index (χ3n) is 2.45. The number of rotatable bonds is 3. The van der Waals surface area contributed by atoms with Crippen LogP contribution in [0.3, 0.4) is 0 Å². The molecule has 2 aromatic rings. The van der Waals surface area contributed by atoms with E-state index in [4.69, 9.17) is 28.9 Å². The zero-order valence-electron chi connectivity index (χ0n) is 9.90. The second kappa shape index (κ2) is 5.47. The lowest BCUT2D eigenvalue weighted by molar-refractivity contribution is 0.601. The Morgan fingerprint density at radius 2 is 1.75 bits per heavy atom. The molecule has 0 aliphatic heterocycles. The summed E-state index contributed by atoms with van der Waals surface area (Å²) < 4.78 is 39.6. The SMILES string of the molecule is Nc1ccc(S(=O)(=O)Nc2cc(F)ccc2Cl)cc1Cl. The van der Waals surface area contributed by atoms with Crippen LogP contribution in [0.15, 0.2) is 41.3 Å². The molecule has 0 radical (unpaired) electrons. The quantitative estimate of drug-likeness (QED) is 0.843. The van der Waals surface area contributed by atoms with Crippen LogP contribution in [0.2, 0.25) is 10.0 Å². The number of hydrogen-bond acceptors (Lipinski definition) is 3. The maximum Gasteiger partial charge on any atom is 0.261 e. The van der Waals surface area contributed by atoms with Crippen LogP contribution in [0.1, 0.15) is 0 Å². The molecule has 0 unspecified atom stereocenters. The van der Waals surface area contributed by atoms with E-state index in [9.17, 15) is 12.8 Å². The number of nitrogen functional groups attached to an aromatic ring is 1. The highest BCUT2D eigenvalue weighted by atomic mass is 35.5. The fourth-order valence-electron chi connectivity index (χ4n) is 1.45. The van der Waals surface area contributed by atoms with Crippen molar-refractivity contribution >= 4 is 44.6 Å². The Kier molecular flexibility index (Phi) is 4.08. The van der Waals surface area contributed by atoms with Crippen molar-refractivity contribution in [3.63, 3.8) is 0 Å². The fourth-order valence-corrected chi connectivity index (χ4v) is 3.02. The normalized spacial score (nSPS) is 11.3. The summed E-state index contributed by atoms with van der Waals surface area (Å²) in [5.74, 6) is -0.609. The fraction of sp³-hybridized carbons (Fsp3) is 0. The average Bonchev–Trinajstić information content (AvgIpc) is 2.36. The van der Waals surface area contributed by atoms with Crippen molar-refractivity contribution in [3.8, 4) is 0 Å². The Hall–Kier alpha value is -1.50. The minimum absolute atomic E-state index is 0.0559. The van der Waals surface area contributed by atoms with Gasteiger partial charge in [-0.05, 0) is 36.4 Å². The predicted octanol–water partition coefficient (Wildman–Crippen LogP) is 3.52. The minimum atomic E-state index is -3.93. The Labute approximate surface area is 125 Å². The lowest BCUT2D eigenvalue weighted by Crippen LogP contribution is -2.13. The number of nitrogens with two attached hydrogens (primary N) is 1. The van der Waals surface area contributed by atoms with Gasteiger partial charge < -0.3 is 5.73 Å². The molecule has 0 fully saturated rings. The number of halogens is 3. The molecular formula is C12H9Cl2FN2O2S. The number of anilines is 2. The highest BCUT2D eigenvalue weighted by Crippen LogP contribution is 2.27. The smallest absolute Gasteiger partial charge is 0.261 e. The van der Waals surface area contributed by atoms with Gasteiger partial charge in [-0.3, -0.25) is 4.72 Å². The highest BCUT2D eigenvalue weighted by molar-refractivity contribution is 7.92.